The zero-order valence-electron chi connectivity index (χ0n) is 12.6. The van der Waals surface area contributed by atoms with Gasteiger partial charge in [0.1, 0.15) is 5.75 Å². The monoisotopic (exact) mass is 302 g/mol. The Kier molecular flexibility index (Phi) is 4.74. The van der Waals surface area contributed by atoms with Crippen LogP contribution in [-0.4, -0.2) is 68.9 Å². The third-order valence-electron chi connectivity index (χ3n) is 4.65. The summed E-state index contributed by atoms with van der Waals surface area (Å²) < 4.78 is 23.2. The zero-order chi connectivity index (χ0) is 14.8. The second-order valence-electron chi connectivity index (χ2n) is 6.44. The molecule has 0 radical (unpaired) electrons. The third-order valence-corrected chi connectivity index (χ3v) is 6.22. The highest BCUT2D eigenvalue weighted by molar-refractivity contribution is 7.92. The number of hydrogen-bond donors (Lipinski definition) is 0. The summed E-state index contributed by atoms with van der Waals surface area (Å²) in [5.41, 5.74) is 0.191. The maximum atomic E-state index is 12.2. The lowest BCUT2D eigenvalue weighted by atomic mass is 9.74. The third kappa shape index (κ3) is 3.73. The predicted molar refractivity (Wildman–Crippen MR) is 79.3 cm³/mol. The molecule has 0 N–H and O–H groups in total. The second-order valence-corrected chi connectivity index (χ2v) is 8.79. The van der Waals surface area contributed by atoms with Gasteiger partial charge in [-0.25, -0.2) is 8.42 Å². The molecular formula is C14H26N2O3S. The van der Waals surface area contributed by atoms with Crippen molar-refractivity contribution in [2.24, 2.45) is 5.41 Å². The van der Waals surface area contributed by atoms with Crippen LogP contribution in [0.4, 0.5) is 0 Å². The predicted octanol–water partition coefficient (Wildman–Crippen LogP) is 0.756. The lowest BCUT2D eigenvalue weighted by molar-refractivity contribution is -0.133. The second kappa shape index (κ2) is 6.02. The Bertz CT molecular complexity index is 459. The molecule has 0 aromatic carbocycles. The van der Waals surface area contributed by atoms with Crippen LogP contribution in [0.1, 0.15) is 32.6 Å². The van der Waals surface area contributed by atoms with Gasteiger partial charge in [-0.15, -0.1) is 0 Å². The van der Waals surface area contributed by atoms with Gasteiger partial charge in [-0.1, -0.05) is 6.92 Å². The fourth-order valence-electron chi connectivity index (χ4n) is 3.59. The molecule has 5 nitrogen and oxygen atoms in total. The molecule has 2 saturated heterocycles. The summed E-state index contributed by atoms with van der Waals surface area (Å²) in [5.74, 6) is -0.491. The Labute approximate surface area is 122 Å². The van der Waals surface area contributed by atoms with E-state index in [1.807, 2.05) is 0 Å². The molecule has 1 atom stereocenters. The molecule has 2 aliphatic rings. The van der Waals surface area contributed by atoms with Crippen molar-refractivity contribution in [2.45, 2.75) is 32.6 Å². The molecule has 1 unspecified atom stereocenters. The first-order chi connectivity index (χ1) is 9.36. The molecule has 1 amide bonds. The van der Waals surface area contributed by atoms with Gasteiger partial charge in [-0.05, 0) is 39.3 Å². The minimum atomic E-state index is -3.22. The van der Waals surface area contributed by atoms with E-state index >= 15 is 0 Å². The number of carbonyl (C=O) groups excluding carboxylic acids is 1. The van der Waals surface area contributed by atoms with Crippen LogP contribution in [0.25, 0.3) is 0 Å². The molecule has 1 spiro atoms. The number of nitrogens with zero attached hydrogens (tertiary/aromatic N) is 2. The first-order valence-corrected chi connectivity index (χ1v) is 9.35. The van der Waals surface area contributed by atoms with Gasteiger partial charge >= 0.3 is 0 Å². The molecule has 2 rings (SSSR count). The van der Waals surface area contributed by atoms with E-state index in [-0.39, 0.29) is 22.8 Å². The van der Waals surface area contributed by atoms with Gasteiger partial charge in [0.25, 0.3) is 0 Å². The fraction of sp³-hybridized carbons (Fsp3) is 0.929. The Morgan fingerprint density at radius 1 is 1.15 bits per heavy atom. The lowest BCUT2D eigenvalue weighted by Crippen LogP contribution is -2.53. The number of piperidine rings is 2. The summed E-state index contributed by atoms with van der Waals surface area (Å²) in [6, 6.07) is 0. The van der Waals surface area contributed by atoms with Crippen LogP contribution in [0.2, 0.25) is 0 Å². The molecule has 6 heteroatoms. The number of sulfone groups is 1. The van der Waals surface area contributed by atoms with Gasteiger partial charge in [-0.2, -0.15) is 0 Å². The lowest BCUT2D eigenvalue weighted by Gasteiger charge is -2.47. The van der Waals surface area contributed by atoms with E-state index in [1.165, 1.54) is 6.42 Å². The number of likely N-dealkylation sites (tertiary alicyclic amines) is 2. The van der Waals surface area contributed by atoms with E-state index < -0.39 is 9.84 Å². The van der Waals surface area contributed by atoms with Crippen molar-refractivity contribution < 1.29 is 13.2 Å². The number of carbonyl (C=O) groups is 1. The minimum Gasteiger partial charge on any atom is -0.341 e. The molecule has 0 bridgehead atoms. The van der Waals surface area contributed by atoms with E-state index in [9.17, 15) is 13.2 Å². The SMILES string of the molecule is CCS(=O)(=O)CC(=O)N1CCCC2(CCCN(C)C2)C1. The van der Waals surface area contributed by atoms with Crippen LogP contribution >= 0.6 is 0 Å². The quantitative estimate of drug-likeness (QED) is 0.772. The Balaban J connectivity index is 2.01. The number of amides is 1. The molecular weight excluding hydrogens is 276 g/mol. The average molecular weight is 302 g/mol. The topological polar surface area (TPSA) is 57.7 Å². The summed E-state index contributed by atoms with van der Waals surface area (Å²) in [6.45, 7) is 5.19. The zero-order valence-corrected chi connectivity index (χ0v) is 13.4. The standard InChI is InChI=1S/C14H26N2O3S/c1-3-20(18,19)10-13(17)16-9-5-7-14(12-16)6-4-8-15(2)11-14/h3-12H2,1-2H3. The summed E-state index contributed by atoms with van der Waals surface area (Å²) in [5, 5.41) is 0. The molecule has 116 valence electrons. The smallest absolute Gasteiger partial charge is 0.237 e. The van der Waals surface area contributed by atoms with E-state index in [2.05, 4.69) is 11.9 Å². The molecule has 2 aliphatic heterocycles. The largest absolute Gasteiger partial charge is 0.341 e. The number of hydrogen-bond acceptors (Lipinski definition) is 4. The van der Waals surface area contributed by atoms with Crippen molar-refractivity contribution in [3.8, 4) is 0 Å². The molecule has 0 aromatic heterocycles. The van der Waals surface area contributed by atoms with Gasteiger partial charge in [0.2, 0.25) is 5.91 Å². The highest BCUT2D eigenvalue weighted by atomic mass is 32.2. The van der Waals surface area contributed by atoms with Crippen LogP contribution in [0.15, 0.2) is 0 Å². The maximum absolute atomic E-state index is 12.2. The van der Waals surface area contributed by atoms with Crippen molar-refractivity contribution in [1.82, 2.24) is 9.80 Å². The Hall–Kier alpha value is -0.620. The van der Waals surface area contributed by atoms with Gasteiger partial charge < -0.3 is 9.80 Å². The molecule has 2 fully saturated rings. The maximum Gasteiger partial charge on any atom is 0.237 e. The molecule has 0 saturated carbocycles. The van der Waals surface area contributed by atoms with E-state index in [1.54, 1.807) is 11.8 Å². The molecule has 0 aromatic rings. The highest BCUT2D eigenvalue weighted by Crippen LogP contribution is 2.38. The fourth-order valence-corrected chi connectivity index (χ4v) is 4.35. The summed E-state index contributed by atoms with van der Waals surface area (Å²) in [4.78, 5) is 16.3. The van der Waals surface area contributed by atoms with Crippen molar-refractivity contribution in [1.29, 1.82) is 0 Å². The molecule has 20 heavy (non-hydrogen) atoms. The minimum absolute atomic E-state index is 0.0421. The van der Waals surface area contributed by atoms with Crippen LogP contribution in [0, 0.1) is 5.41 Å². The Morgan fingerprint density at radius 3 is 2.40 bits per heavy atom. The summed E-state index contributed by atoms with van der Waals surface area (Å²) in [6.07, 6.45) is 4.47. The summed E-state index contributed by atoms with van der Waals surface area (Å²) >= 11 is 0. The number of rotatable bonds is 3. The van der Waals surface area contributed by atoms with Crippen molar-refractivity contribution in [2.75, 3.05) is 44.7 Å². The van der Waals surface area contributed by atoms with Crippen molar-refractivity contribution >= 4 is 15.7 Å². The van der Waals surface area contributed by atoms with Crippen molar-refractivity contribution in [3.05, 3.63) is 0 Å². The Morgan fingerprint density at radius 2 is 1.80 bits per heavy atom. The first-order valence-electron chi connectivity index (χ1n) is 7.53. The van der Waals surface area contributed by atoms with Crippen LogP contribution < -0.4 is 0 Å². The average Bonchev–Trinajstić information content (AvgIpc) is 2.38. The van der Waals surface area contributed by atoms with Gasteiger partial charge in [0.05, 0.1) is 0 Å². The van der Waals surface area contributed by atoms with E-state index in [0.717, 1.165) is 38.9 Å². The van der Waals surface area contributed by atoms with Gasteiger partial charge in [0.15, 0.2) is 9.84 Å². The first kappa shape index (κ1) is 15.8. The molecule has 0 aliphatic carbocycles. The normalized spacial score (nSPS) is 28.8. The van der Waals surface area contributed by atoms with Gasteiger partial charge in [0, 0.05) is 30.8 Å². The van der Waals surface area contributed by atoms with E-state index in [0.29, 0.717) is 6.54 Å². The van der Waals surface area contributed by atoms with Gasteiger partial charge in [-0.3, -0.25) is 4.79 Å². The van der Waals surface area contributed by atoms with E-state index in [4.69, 9.17) is 0 Å². The molecule has 2 heterocycles. The van der Waals surface area contributed by atoms with Crippen molar-refractivity contribution in [3.63, 3.8) is 0 Å². The van der Waals surface area contributed by atoms with Crippen LogP contribution in [0.5, 0.6) is 0 Å². The summed E-state index contributed by atoms with van der Waals surface area (Å²) in [7, 11) is -1.09. The highest BCUT2D eigenvalue weighted by Gasteiger charge is 2.39. The van der Waals surface area contributed by atoms with Crippen LogP contribution in [0.3, 0.4) is 0 Å². The van der Waals surface area contributed by atoms with Crippen LogP contribution in [-0.2, 0) is 14.6 Å².